The van der Waals surface area contributed by atoms with Gasteiger partial charge in [0.05, 0.1) is 18.1 Å². The van der Waals surface area contributed by atoms with Crippen molar-refractivity contribution in [2.75, 3.05) is 0 Å². The maximum Gasteiger partial charge on any atom is 0.184 e. The molecular formula is C17H16O3. The van der Waals surface area contributed by atoms with Crippen molar-refractivity contribution in [3.05, 3.63) is 48.0 Å². The highest BCUT2D eigenvalue weighted by atomic mass is 16.7. The summed E-state index contributed by atoms with van der Waals surface area (Å²) >= 11 is 0. The minimum Gasteiger partial charge on any atom is -0.342 e. The third kappa shape index (κ3) is 1.17. The van der Waals surface area contributed by atoms with E-state index in [1.165, 1.54) is 0 Å². The van der Waals surface area contributed by atoms with Gasteiger partial charge in [-0.25, -0.2) is 0 Å². The molecule has 1 aliphatic heterocycles. The molecule has 6 rings (SSSR count). The number of hydrogen-bond acceptors (Lipinski definition) is 3. The lowest BCUT2D eigenvalue weighted by atomic mass is 9.66. The number of carbonyl (C=O) groups excluding carboxylic acids is 1. The highest BCUT2D eigenvalue weighted by molar-refractivity contribution is 5.93. The second-order valence-electron chi connectivity index (χ2n) is 6.43. The average molecular weight is 268 g/mol. The van der Waals surface area contributed by atoms with Gasteiger partial charge in [0.1, 0.15) is 5.78 Å². The van der Waals surface area contributed by atoms with Crippen LogP contribution in [0.1, 0.15) is 18.3 Å². The number of Topliss-reactive ketones (excluding diaryl/α,β-unsaturated/α-hetero) is 1. The summed E-state index contributed by atoms with van der Waals surface area (Å²) in [6.45, 7) is 4.14. The fraction of sp³-hybridized carbons (Fsp3) is 0.471. The molecule has 0 amide bonds. The zero-order chi connectivity index (χ0) is 13.4. The summed E-state index contributed by atoms with van der Waals surface area (Å²) < 4.78 is 12.3. The van der Waals surface area contributed by atoms with E-state index in [0.29, 0.717) is 17.6 Å². The quantitative estimate of drug-likeness (QED) is 0.734. The van der Waals surface area contributed by atoms with Crippen molar-refractivity contribution in [2.45, 2.75) is 24.9 Å². The first kappa shape index (κ1) is 11.2. The van der Waals surface area contributed by atoms with Crippen molar-refractivity contribution >= 4 is 5.78 Å². The van der Waals surface area contributed by atoms with Gasteiger partial charge in [-0.1, -0.05) is 42.5 Å². The van der Waals surface area contributed by atoms with Crippen LogP contribution in [0, 0.1) is 23.7 Å². The topological polar surface area (TPSA) is 35.5 Å². The molecule has 1 saturated heterocycles. The molecule has 20 heavy (non-hydrogen) atoms. The van der Waals surface area contributed by atoms with Crippen LogP contribution >= 0.6 is 0 Å². The van der Waals surface area contributed by atoms with Crippen LogP contribution in [0.15, 0.2) is 42.5 Å². The van der Waals surface area contributed by atoms with Crippen molar-refractivity contribution in [3.63, 3.8) is 0 Å². The third-order valence-electron chi connectivity index (χ3n) is 5.63. The summed E-state index contributed by atoms with van der Waals surface area (Å²) in [5, 5.41) is 0. The van der Waals surface area contributed by atoms with Gasteiger partial charge in [-0.15, -0.1) is 0 Å². The molecule has 0 aromatic heterocycles. The number of benzene rings is 1. The number of rotatable bonds is 1. The normalized spacial score (nSPS) is 48.1. The molecule has 1 aromatic rings. The average Bonchev–Trinajstić information content (AvgIpc) is 3.10. The molecule has 1 aromatic carbocycles. The Hall–Kier alpha value is -1.45. The Kier molecular flexibility index (Phi) is 2.02. The van der Waals surface area contributed by atoms with Gasteiger partial charge in [0, 0.05) is 17.4 Å². The number of carbonyl (C=O) groups is 1. The summed E-state index contributed by atoms with van der Waals surface area (Å²) in [5.41, 5.74) is 2.18. The summed E-state index contributed by atoms with van der Waals surface area (Å²) in [5.74, 6) is 1.04. The van der Waals surface area contributed by atoms with E-state index in [0.717, 1.165) is 17.6 Å². The van der Waals surface area contributed by atoms with Crippen molar-refractivity contribution in [3.8, 4) is 0 Å². The van der Waals surface area contributed by atoms with Gasteiger partial charge in [0.2, 0.25) is 0 Å². The molecule has 1 heterocycles. The number of hydrogen-bond donors (Lipinski definition) is 0. The van der Waals surface area contributed by atoms with Gasteiger partial charge in [-0.3, -0.25) is 4.79 Å². The molecule has 0 radical (unpaired) electrons. The fourth-order valence-corrected chi connectivity index (χ4v) is 4.85. The van der Waals surface area contributed by atoms with Crippen molar-refractivity contribution in [2.24, 2.45) is 23.7 Å². The zero-order valence-electron chi connectivity index (χ0n) is 11.1. The molecule has 0 spiro atoms. The molecule has 3 heteroatoms. The first-order valence-electron chi connectivity index (χ1n) is 7.34. The molecule has 4 aliphatic carbocycles. The zero-order valence-corrected chi connectivity index (χ0v) is 11.1. The van der Waals surface area contributed by atoms with Gasteiger partial charge in [-0.2, -0.15) is 0 Å². The van der Waals surface area contributed by atoms with Gasteiger partial charge < -0.3 is 9.47 Å². The lowest BCUT2D eigenvalue weighted by Gasteiger charge is -2.40. The summed E-state index contributed by atoms with van der Waals surface area (Å²) in [7, 11) is 0. The summed E-state index contributed by atoms with van der Waals surface area (Å²) in [6, 6.07) is 10.0. The Balaban J connectivity index is 1.51. The number of ketones is 1. The first-order valence-corrected chi connectivity index (χ1v) is 7.34. The van der Waals surface area contributed by atoms with E-state index in [2.05, 4.69) is 6.58 Å². The maximum atomic E-state index is 12.4. The summed E-state index contributed by atoms with van der Waals surface area (Å²) in [6.07, 6.45) is 0.759. The van der Waals surface area contributed by atoms with Crippen LogP contribution in [0.4, 0.5) is 0 Å². The smallest absolute Gasteiger partial charge is 0.184 e. The Labute approximate surface area is 117 Å². The van der Waals surface area contributed by atoms with Crippen LogP contribution < -0.4 is 0 Å². The van der Waals surface area contributed by atoms with Crippen LogP contribution in [-0.4, -0.2) is 18.0 Å². The predicted octanol–water partition coefficient (Wildman–Crippen LogP) is 2.49. The van der Waals surface area contributed by atoms with E-state index < -0.39 is 0 Å². The molecule has 7 atom stereocenters. The lowest BCUT2D eigenvalue weighted by Crippen LogP contribution is -2.52. The van der Waals surface area contributed by atoms with Crippen LogP contribution in [0.3, 0.4) is 0 Å². The van der Waals surface area contributed by atoms with E-state index >= 15 is 0 Å². The predicted molar refractivity (Wildman–Crippen MR) is 71.7 cm³/mol. The Morgan fingerprint density at radius 2 is 1.85 bits per heavy atom. The first-order chi connectivity index (χ1) is 9.75. The second-order valence-corrected chi connectivity index (χ2v) is 6.43. The van der Waals surface area contributed by atoms with Crippen LogP contribution in [0.5, 0.6) is 0 Å². The Morgan fingerprint density at radius 3 is 2.60 bits per heavy atom. The van der Waals surface area contributed by atoms with Crippen LogP contribution in [0.25, 0.3) is 0 Å². The van der Waals surface area contributed by atoms with Crippen molar-refractivity contribution < 1.29 is 14.3 Å². The minimum atomic E-state index is -0.312. The Morgan fingerprint density at radius 1 is 1.10 bits per heavy atom. The number of allylic oxidation sites excluding steroid dienone is 1. The van der Waals surface area contributed by atoms with Gasteiger partial charge in [0.25, 0.3) is 0 Å². The van der Waals surface area contributed by atoms with E-state index in [1.54, 1.807) is 0 Å². The van der Waals surface area contributed by atoms with E-state index in [9.17, 15) is 4.79 Å². The maximum absolute atomic E-state index is 12.4. The number of ether oxygens (including phenoxy) is 2. The standard InChI is InChI=1S/C17H16O3/c1-8-10-7-11-12(8)14(18)13(10)16-15(11)19-17(20-16)9-5-3-2-4-6-9/h2-6,10-13,15-17H,1,7H2/t10-,11+,12-,13-,15-,16+,17-/m1/s1. The Bertz CT molecular complexity index is 608. The molecule has 5 fully saturated rings. The van der Waals surface area contributed by atoms with E-state index in [1.807, 2.05) is 30.3 Å². The van der Waals surface area contributed by atoms with Crippen molar-refractivity contribution in [1.82, 2.24) is 0 Å². The van der Waals surface area contributed by atoms with E-state index in [-0.39, 0.29) is 30.3 Å². The highest BCUT2D eigenvalue weighted by Crippen LogP contribution is 2.63. The van der Waals surface area contributed by atoms with E-state index in [4.69, 9.17) is 9.47 Å². The molecule has 102 valence electrons. The monoisotopic (exact) mass is 268 g/mol. The second kappa shape index (κ2) is 3.60. The fourth-order valence-electron chi connectivity index (χ4n) is 4.85. The van der Waals surface area contributed by atoms with Crippen LogP contribution in [-0.2, 0) is 14.3 Å². The lowest BCUT2D eigenvalue weighted by molar-refractivity contribution is -0.141. The van der Waals surface area contributed by atoms with Crippen LogP contribution in [0.2, 0.25) is 0 Å². The molecular weight excluding hydrogens is 252 g/mol. The molecule has 3 nitrogen and oxygen atoms in total. The molecule has 5 aliphatic rings. The molecule has 0 unspecified atom stereocenters. The SMILES string of the molecule is C=C1[C@H]2C(=O)[C@@H]3[C@@H]4O[C@H](c5ccccc5)O[C@@H]4[C@H]2C[C@H]13. The van der Waals surface area contributed by atoms with Crippen molar-refractivity contribution in [1.29, 1.82) is 0 Å². The molecule has 0 N–H and O–H groups in total. The van der Waals surface area contributed by atoms with Gasteiger partial charge >= 0.3 is 0 Å². The summed E-state index contributed by atoms with van der Waals surface area (Å²) in [4.78, 5) is 12.4. The van der Waals surface area contributed by atoms with Gasteiger partial charge in [0.15, 0.2) is 6.29 Å². The van der Waals surface area contributed by atoms with Gasteiger partial charge in [-0.05, 0) is 12.3 Å². The molecule has 4 bridgehead atoms. The third-order valence-corrected chi connectivity index (χ3v) is 5.63. The highest BCUT2D eigenvalue weighted by Gasteiger charge is 2.68. The minimum absolute atomic E-state index is 0.00351. The molecule has 4 saturated carbocycles. The largest absolute Gasteiger partial charge is 0.342 e.